The smallest absolute Gasteiger partial charge is 0.272 e. The van der Waals surface area contributed by atoms with Crippen molar-refractivity contribution in [3.8, 4) is 0 Å². The van der Waals surface area contributed by atoms with Crippen LogP contribution in [0.1, 0.15) is 66.1 Å². The summed E-state index contributed by atoms with van der Waals surface area (Å²) in [6.07, 6.45) is 3.61. The summed E-state index contributed by atoms with van der Waals surface area (Å²) in [6.45, 7) is 5.53. The molecule has 1 aromatic heterocycles. The highest BCUT2D eigenvalue weighted by Crippen LogP contribution is 2.29. The van der Waals surface area contributed by atoms with Gasteiger partial charge in [-0.15, -0.1) is 0 Å². The van der Waals surface area contributed by atoms with Crippen molar-refractivity contribution in [3.63, 3.8) is 0 Å². The standard InChI is InChI=1S/C24H31ClFN5O4/c1-13-9-18(16(25)10-17(13)26)31-21(32)14-5-7-15(8-6-14)30-23(34)20-19(28-12-29-20)22(33)27-11-24(2,3)35-4/h9-10,12,14-15H,5-8,11H2,1-4H3,(H,27,33)(H,28,29)(H,30,34)(H,31,32). The molecule has 1 aromatic carbocycles. The van der Waals surface area contributed by atoms with E-state index in [1.54, 1.807) is 14.0 Å². The van der Waals surface area contributed by atoms with Crippen molar-refractivity contribution in [3.05, 3.63) is 46.3 Å². The van der Waals surface area contributed by atoms with Gasteiger partial charge in [0.2, 0.25) is 5.91 Å². The minimum Gasteiger partial charge on any atom is -0.377 e. The Hall–Kier alpha value is -2.98. The van der Waals surface area contributed by atoms with Gasteiger partial charge >= 0.3 is 0 Å². The van der Waals surface area contributed by atoms with Crippen LogP contribution in [0.25, 0.3) is 0 Å². The minimum absolute atomic E-state index is 0.0129. The number of ether oxygens (including phenoxy) is 1. The number of aryl methyl sites for hydroxylation is 1. The van der Waals surface area contributed by atoms with Gasteiger partial charge in [0.05, 0.1) is 22.6 Å². The fourth-order valence-corrected chi connectivity index (χ4v) is 4.03. The molecule has 1 heterocycles. The molecule has 0 radical (unpaired) electrons. The Morgan fingerprint density at radius 3 is 2.54 bits per heavy atom. The molecule has 0 spiro atoms. The van der Waals surface area contributed by atoms with Gasteiger partial charge < -0.3 is 25.7 Å². The lowest BCUT2D eigenvalue weighted by molar-refractivity contribution is -0.120. The van der Waals surface area contributed by atoms with Gasteiger partial charge in [-0.1, -0.05) is 11.6 Å². The number of amides is 3. The maximum Gasteiger partial charge on any atom is 0.272 e. The summed E-state index contributed by atoms with van der Waals surface area (Å²) in [5.41, 5.74) is 0.311. The Kier molecular flexibility index (Phi) is 8.50. The van der Waals surface area contributed by atoms with Gasteiger partial charge in [-0.3, -0.25) is 14.4 Å². The predicted octanol–water partition coefficient (Wildman–Crippen LogP) is 3.59. The van der Waals surface area contributed by atoms with Crippen LogP contribution in [0.5, 0.6) is 0 Å². The van der Waals surface area contributed by atoms with Crippen molar-refractivity contribution in [2.24, 2.45) is 5.92 Å². The van der Waals surface area contributed by atoms with E-state index in [9.17, 15) is 18.8 Å². The highest BCUT2D eigenvalue weighted by Gasteiger charge is 2.29. The van der Waals surface area contributed by atoms with Gasteiger partial charge in [-0.25, -0.2) is 9.37 Å². The number of carbonyl (C=O) groups excluding carboxylic acids is 3. The largest absolute Gasteiger partial charge is 0.377 e. The van der Waals surface area contributed by atoms with E-state index in [1.807, 2.05) is 13.8 Å². The van der Waals surface area contributed by atoms with E-state index in [-0.39, 0.29) is 40.8 Å². The molecule has 0 saturated heterocycles. The number of nitrogens with one attached hydrogen (secondary N) is 4. The van der Waals surface area contributed by atoms with E-state index in [2.05, 4.69) is 25.9 Å². The van der Waals surface area contributed by atoms with E-state index in [4.69, 9.17) is 16.3 Å². The molecule has 3 amide bonds. The quantitative estimate of drug-likeness (QED) is 0.434. The molecule has 1 fully saturated rings. The zero-order chi connectivity index (χ0) is 25.8. The van der Waals surface area contributed by atoms with E-state index >= 15 is 0 Å². The van der Waals surface area contributed by atoms with Gasteiger partial charge in [0.1, 0.15) is 11.5 Å². The molecular weight excluding hydrogens is 477 g/mol. The molecular formula is C24H31ClFN5O4. The third-order valence-corrected chi connectivity index (χ3v) is 6.56. The lowest BCUT2D eigenvalue weighted by Crippen LogP contribution is -2.42. The summed E-state index contributed by atoms with van der Waals surface area (Å²) in [5.74, 6) is -1.77. The van der Waals surface area contributed by atoms with Gasteiger partial charge in [-0.2, -0.15) is 0 Å². The lowest BCUT2D eigenvalue weighted by Gasteiger charge is -2.28. The Labute approximate surface area is 208 Å². The average molecular weight is 508 g/mol. The van der Waals surface area contributed by atoms with Crippen LogP contribution in [0.4, 0.5) is 10.1 Å². The van der Waals surface area contributed by atoms with E-state index in [0.717, 1.165) is 0 Å². The van der Waals surface area contributed by atoms with Gasteiger partial charge in [0.15, 0.2) is 5.69 Å². The molecule has 35 heavy (non-hydrogen) atoms. The highest BCUT2D eigenvalue weighted by molar-refractivity contribution is 6.33. The molecule has 0 unspecified atom stereocenters. The van der Waals surface area contributed by atoms with E-state index in [1.165, 1.54) is 18.5 Å². The Morgan fingerprint density at radius 1 is 1.20 bits per heavy atom. The number of methoxy groups -OCH3 is 1. The average Bonchev–Trinajstić information content (AvgIpc) is 3.32. The number of aromatic nitrogens is 2. The predicted molar refractivity (Wildman–Crippen MR) is 130 cm³/mol. The first-order valence-electron chi connectivity index (χ1n) is 11.4. The first-order valence-corrected chi connectivity index (χ1v) is 11.8. The molecule has 1 aliphatic carbocycles. The number of nitrogens with zero attached hydrogens (tertiary/aromatic N) is 1. The highest BCUT2D eigenvalue weighted by atomic mass is 35.5. The second-order valence-corrected chi connectivity index (χ2v) is 9.77. The summed E-state index contributed by atoms with van der Waals surface area (Å²) < 4.78 is 18.9. The molecule has 1 saturated carbocycles. The molecule has 3 rings (SSSR count). The molecule has 11 heteroatoms. The molecule has 2 aromatic rings. The maximum absolute atomic E-state index is 13.6. The van der Waals surface area contributed by atoms with Crippen LogP contribution < -0.4 is 16.0 Å². The number of aromatic amines is 1. The summed E-state index contributed by atoms with van der Waals surface area (Å²) in [6, 6.07) is 2.54. The van der Waals surface area contributed by atoms with Crippen molar-refractivity contribution in [1.29, 1.82) is 0 Å². The van der Waals surface area contributed by atoms with Gasteiger partial charge in [0.25, 0.3) is 11.8 Å². The molecule has 190 valence electrons. The van der Waals surface area contributed by atoms with Crippen LogP contribution >= 0.6 is 11.6 Å². The van der Waals surface area contributed by atoms with Crippen LogP contribution in [0.15, 0.2) is 18.5 Å². The second kappa shape index (κ2) is 11.2. The maximum atomic E-state index is 13.6. The number of hydrogen-bond acceptors (Lipinski definition) is 5. The monoisotopic (exact) mass is 507 g/mol. The molecule has 9 nitrogen and oxygen atoms in total. The number of carbonyl (C=O) groups is 3. The fraction of sp³-hybridized carbons (Fsp3) is 0.500. The summed E-state index contributed by atoms with van der Waals surface area (Å²) in [5, 5.41) is 8.57. The first-order chi connectivity index (χ1) is 16.5. The number of H-pyrrole nitrogens is 1. The first kappa shape index (κ1) is 26.6. The molecule has 0 aliphatic heterocycles. The van der Waals surface area contributed by atoms with E-state index in [0.29, 0.717) is 36.9 Å². The minimum atomic E-state index is -0.552. The number of imidazole rings is 1. The summed E-state index contributed by atoms with van der Waals surface area (Å²) in [4.78, 5) is 44.7. The van der Waals surface area contributed by atoms with Crippen LogP contribution in [0.3, 0.4) is 0 Å². The molecule has 0 atom stereocenters. The van der Waals surface area contributed by atoms with Crippen LogP contribution in [-0.4, -0.2) is 53.0 Å². The van der Waals surface area contributed by atoms with Crippen LogP contribution in [-0.2, 0) is 9.53 Å². The van der Waals surface area contributed by atoms with Crippen LogP contribution in [0, 0.1) is 18.7 Å². The van der Waals surface area contributed by atoms with Gasteiger partial charge in [-0.05, 0) is 64.2 Å². The third kappa shape index (κ3) is 6.79. The zero-order valence-electron chi connectivity index (χ0n) is 20.3. The molecule has 4 N–H and O–H groups in total. The summed E-state index contributed by atoms with van der Waals surface area (Å²) >= 11 is 6.05. The second-order valence-electron chi connectivity index (χ2n) is 9.37. The van der Waals surface area contributed by atoms with Crippen LogP contribution in [0.2, 0.25) is 5.02 Å². The van der Waals surface area contributed by atoms with Crippen molar-refractivity contribution in [2.45, 2.75) is 58.1 Å². The summed E-state index contributed by atoms with van der Waals surface area (Å²) in [7, 11) is 1.55. The van der Waals surface area contributed by atoms with Crippen molar-refractivity contribution in [2.75, 3.05) is 19.0 Å². The lowest BCUT2D eigenvalue weighted by atomic mass is 9.85. The van der Waals surface area contributed by atoms with E-state index < -0.39 is 23.2 Å². The van der Waals surface area contributed by atoms with Crippen molar-refractivity contribution >= 4 is 35.0 Å². The topological polar surface area (TPSA) is 125 Å². The Bertz CT molecular complexity index is 1100. The zero-order valence-corrected chi connectivity index (χ0v) is 21.0. The van der Waals surface area contributed by atoms with Crippen molar-refractivity contribution in [1.82, 2.24) is 20.6 Å². The SMILES string of the molecule is COC(C)(C)CNC(=O)c1[nH]cnc1C(=O)NC1CCC(C(=O)Nc2cc(C)c(F)cc2Cl)CC1. The number of benzene rings is 1. The number of halogens is 2. The van der Waals surface area contributed by atoms with Gasteiger partial charge in [0, 0.05) is 25.6 Å². The fourth-order valence-electron chi connectivity index (χ4n) is 3.83. The normalized spacial score (nSPS) is 18.1. The number of hydrogen-bond donors (Lipinski definition) is 4. The Morgan fingerprint density at radius 2 is 1.89 bits per heavy atom. The number of anilines is 1. The third-order valence-electron chi connectivity index (χ3n) is 6.25. The molecule has 0 bridgehead atoms. The Balaban J connectivity index is 1.52. The van der Waals surface area contributed by atoms with Crippen molar-refractivity contribution < 1.29 is 23.5 Å². The number of rotatable bonds is 8. The molecule has 1 aliphatic rings.